The van der Waals surface area contributed by atoms with Gasteiger partial charge in [-0.2, -0.15) is 5.26 Å². The maximum atomic E-state index is 13.4. The summed E-state index contributed by atoms with van der Waals surface area (Å²) in [6.45, 7) is 0.403. The molecule has 0 fully saturated rings. The van der Waals surface area contributed by atoms with Crippen LogP contribution in [0.15, 0.2) is 91.1 Å². The molecule has 0 unspecified atom stereocenters. The minimum atomic E-state index is -0.913. The highest BCUT2D eigenvalue weighted by molar-refractivity contribution is 5.95. The van der Waals surface area contributed by atoms with Gasteiger partial charge in [0.05, 0.1) is 18.2 Å². The quantitative estimate of drug-likeness (QED) is 0.464. The molecule has 0 radical (unpaired) electrons. The Kier molecular flexibility index (Phi) is 5.52. The van der Waals surface area contributed by atoms with Crippen molar-refractivity contribution in [3.63, 3.8) is 0 Å². The zero-order chi connectivity index (χ0) is 23.5. The minimum absolute atomic E-state index is 0.324. The molecule has 4 aromatic rings. The van der Waals surface area contributed by atoms with E-state index in [-0.39, 0.29) is 5.91 Å². The van der Waals surface area contributed by atoms with Gasteiger partial charge in [-0.15, -0.1) is 0 Å². The third kappa shape index (κ3) is 3.89. The molecule has 1 aliphatic heterocycles. The van der Waals surface area contributed by atoms with Gasteiger partial charge in [0, 0.05) is 18.2 Å². The zero-order valence-corrected chi connectivity index (χ0v) is 18.2. The second-order valence-corrected chi connectivity index (χ2v) is 8.08. The Morgan fingerprint density at radius 3 is 2.32 bits per heavy atom. The lowest BCUT2D eigenvalue weighted by Gasteiger charge is -2.39. The van der Waals surface area contributed by atoms with Gasteiger partial charge in [-0.25, -0.2) is 4.39 Å². The lowest BCUT2D eigenvalue weighted by molar-refractivity contribution is 0.0883. The number of ether oxygens (including phenoxy) is 1. The first kappa shape index (κ1) is 21.4. The van der Waals surface area contributed by atoms with E-state index in [4.69, 9.17) is 10.00 Å². The van der Waals surface area contributed by atoms with Crippen molar-refractivity contribution in [3.8, 4) is 22.9 Å². The Hall–Kier alpha value is -4.50. The summed E-state index contributed by atoms with van der Waals surface area (Å²) in [6.07, 6.45) is 2.16. The fraction of sp³-hybridized carbons (Fsp3) is 0.107. The maximum Gasteiger partial charge on any atom is 0.252 e. The van der Waals surface area contributed by atoms with Crippen molar-refractivity contribution in [2.24, 2.45) is 0 Å². The molecule has 1 atom stereocenters. The summed E-state index contributed by atoms with van der Waals surface area (Å²) in [5, 5.41) is 12.2. The molecule has 2 heterocycles. The highest BCUT2D eigenvalue weighted by atomic mass is 19.1. The molecule has 0 bridgehead atoms. The molecule has 3 aromatic carbocycles. The summed E-state index contributed by atoms with van der Waals surface area (Å²) in [7, 11) is 0. The molecule has 166 valence electrons. The molecular weight excluding hydrogens is 429 g/mol. The van der Waals surface area contributed by atoms with Gasteiger partial charge >= 0.3 is 0 Å². The van der Waals surface area contributed by atoms with Crippen LogP contribution in [0.5, 0.6) is 5.75 Å². The molecule has 0 saturated heterocycles. The van der Waals surface area contributed by atoms with Crippen molar-refractivity contribution >= 4 is 5.91 Å². The van der Waals surface area contributed by atoms with E-state index in [1.807, 2.05) is 42.5 Å². The Morgan fingerprint density at radius 1 is 0.971 bits per heavy atom. The largest absolute Gasteiger partial charge is 0.491 e. The number of pyridine rings is 1. The lowest BCUT2D eigenvalue weighted by atomic mass is 9.80. The first-order valence-corrected chi connectivity index (χ1v) is 10.9. The monoisotopic (exact) mass is 449 g/mol. The van der Waals surface area contributed by atoms with Gasteiger partial charge in [-0.3, -0.25) is 9.78 Å². The van der Waals surface area contributed by atoms with Gasteiger partial charge in [0.1, 0.15) is 22.8 Å². The highest BCUT2D eigenvalue weighted by Gasteiger charge is 2.42. The van der Waals surface area contributed by atoms with Crippen LogP contribution in [0.2, 0.25) is 0 Å². The summed E-state index contributed by atoms with van der Waals surface area (Å²) in [5.74, 6) is -0.110. The number of nitrogens with one attached hydrogen (secondary N) is 1. The van der Waals surface area contributed by atoms with E-state index >= 15 is 0 Å². The summed E-state index contributed by atoms with van der Waals surface area (Å²) >= 11 is 0. The number of aromatic nitrogens is 1. The van der Waals surface area contributed by atoms with E-state index in [2.05, 4.69) is 16.4 Å². The first-order chi connectivity index (χ1) is 16.6. The number of carbonyl (C=O) groups is 1. The van der Waals surface area contributed by atoms with Crippen LogP contribution in [0.25, 0.3) is 11.1 Å². The number of carbonyl (C=O) groups excluding carboxylic acids is 1. The second-order valence-electron chi connectivity index (χ2n) is 8.08. The third-order valence-electron chi connectivity index (χ3n) is 6.07. The molecule has 0 aliphatic carbocycles. The van der Waals surface area contributed by atoms with Crippen LogP contribution in [-0.2, 0) is 5.54 Å². The van der Waals surface area contributed by atoms with Gasteiger partial charge in [0.25, 0.3) is 5.91 Å². The number of rotatable bonds is 4. The van der Waals surface area contributed by atoms with Crippen molar-refractivity contribution in [2.75, 3.05) is 6.61 Å². The fourth-order valence-electron chi connectivity index (χ4n) is 4.29. The maximum absolute atomic E-state index is 13.4. The minimum Gasteiger partial charge on any atom is -0.491 e. The van der Waals surface area contributed by atoms with Crippen LogP contribution in [-0.4, -0.2) is 17.5 Å². The van der Waals surface area contributed by atoms with Crippen molar-refractivity contribution in [2.45, 2.75) is 12.0 Å². The molecule has 1 N–H and O–H groups in total. The first-order valence-electron chi connectivity index (χ1n) is 10.9. The van der Waals surface area contributed by atoms with E-state index < -0.39 is 11.4 Å². The number of hydrogen-bond donors (Lipinski definition) is 1. The lowest BCUT2D eigenvalue weighted by Crippen LogP contribution is -2.50. The van der Waals surface area contributed by atoms with Crippen LogP contribution in [0, 0.1) is 17.1 Å². The predicted molar refractivity (Wildman–Crippen MR) is 126 cm³/mol. The number of nitriles is 1. The SMILES string of the molecule is N#Cc1ccc(-c2ccc([C@@]3(NC(=O)c4ccc(F)cc4)CCOc4cccnc43)cc2)cc1. The molecular formula is C28H20FN3O2. The number of hydrogen-bond acceptors (Lipinski definition) is 4. The van der Waals surface area contributed by atoms with E-state index in [1.165, 1.54) is 24.3 Å². The van der Waals surface area contributed by atoms with E-state index in [1.54, 1.807) is 24.4 Å². The van der Waals surface area contributed by atoms with E-state index in [0.717, 1.165) is 16.7 Å². The molecule has 0 saturated carbocycles. The Morgan fingerprint density at radius 2 is 1.65 bits per heavy atom. The number of halogens is 1. The van der Waals surface area contributed by atoms with Gasteiger partial charge in [-0.05, 0) is 65.2 Å². The second kappa shape index (κ2) is 8.80. The van der Waals surface area contributed by atoms with Crippen LogP contribution in [0.3, 0.4) is 0 Å². The summed E-state index contributed by atoms with van der Waals surface area (Å²) in [6, 6.07) is 26.5. The summed E-state index contributed by atoms with van der Waals surface area (Å²) in [4.78, 5) is 17.8. The van der Waals surface area contributed by atoms with Gasteiger partial charge in [0.15, 0.2) is 0 Å². The topological polar surface area (TPSA) is 75.0 Å². The average molecular weight is 449 g/mol. The van der Waals surface area contributed by atoms with E-state index in [0.29, 0.717) is 35.6 Å². The average Bonchev–Trinajstić information content (AvgIpc) is 2.89. The summed E-state index contributed by atoms with van der Waals surface area (Å²) < 4.78 is 19.2. The van der Waals surface area contributed by atoms with E-state index in [9.17, 15) is 9.18 Å². The van der Waals surface area contributed by atoms with Crippen LogP contribution >= 0.6 is 0 Å². The Bertz CT molecular complexity index is 1380. The van der Waals surface area contributed by atoms with Crippen molar-refractivity contribution in [1.82, 2.24) is 10.3 Å². The third-order valence-corrected chi connectivity index (χ3v) is 6.07. The standard InChI is InChI=1S/C28H20FN3O2/c29-24-13-9-22(10-14-24)27(33)32-28(15-17-34-25-2-1-16-31-26(25)28)23-11-7-21(8-12-23)20-5-3-19(18-30)4-6-20/h1-14,16H,15,17H2,(H,32,33)/t28-/m0/s1. The molecule has 5 nitrogen and oxygen atoms in total. The molecule has 5 rings (SSSR count). The highest BCUT2D eigenvalue weighted by Crippen LogP contribution is 2.41. The number of amides is 1. The van der Waals surface area contributed by atoms with Gasteiger partial charge in [-0.1, -0.05) is 36.4 Å². The molecule has 1 aromatic heterocycles. The molecule has 0 spiro atoms. The predicted octanol–water partition coefficient (Wildman–Crippen LogP) is 5.22. The fourth-order valence-corrected chi connectivity index (χ4v) is 4.29. The Labute approximate surface area is 196 Å². The normalized spacial score (nSPS) is 16.6. The van der Waals surface area contributed by atoms with Crippen LogP contribution in [0.1, 0.15) is 33.6 Å². The number of fused-ring (bicyclic) bond motifs is 1. The molecule has 1 aliphatic rings. The van der Waals surface area contributed by atoms with Crippen molar-refractivity contribution in [3.05, 3.63) is 119 Å². The zero-order valence-electron chi connectivity index (χ0n) is 18.2. The van der Waals surface area contributed by atoms with Crippen molar-refractivity contribution in [1.29, 1.82) is 5.26 Å². The molecule has 1 amide bonds. The molecule has 34 heavy (non-hydrogen) atoms. The number of benzene rings is 3. The molecule has 6 heteroatoms. The van der Waals surface area contributed by atoms with Crippen LogP contribution in [0.4, 0.5) is 4.39 Å². The summed E-state index contributed by atoms with van der Waals surface area (Å²) in [5.41, 5.74) is 3.52. The Balaban J connectivity index is 1.56. The smallest absolute Gasteiger partial charge is 0.252 e. The van der Waals surface area contributed by atoms with Crippen LogP contribution < -0.4 is 10.1 Å². The van der Waals surface area contributed by atoms with Gasteiger partial charge < -0.3 is 10.1 Å². The number of nitrogens with zero attached hydrogens (tertiary/aromatic N) is 2. The van der Waals surface area contributed by atoms with Gasteiger partial charge in [0.2, 0.25) is 0 Å². The van der Waals surface area contributed by atoms with Crippen molar-refractivity contribution < 1.29 is 13.9 Å².